The van der Waals surface area contributed by atoms with Crippen LogP contribution in [0.25, 0.3) is 11.1 Å². The van der Waals surface area contributed by atoms with Crippen molar-refractivity contribution in [3.05, 3.63) is 52.0 Å². The van der Waals surface area contributed by atoms with Crippen molar-refractivity contribution < 1.29 is 13.2 Å². The molecule has 0 aliphatic rings. The van der Waals surface area contributed by atoms with Gasteiger partial charge >= 0.3 is 6.18 Å². The molecule has 0 amide bonds. The Morgan fingerprint density at radius 3 is 2.15 bits per heavy atom. The van der Waals surface area contributed by atoms with Gasteiger partial charge in [0.2, 0.25) is 0 Å². The van der Waals surface area contributed by atoms with Crippen molar-refractivity contribution in [3.63, 3.8) is 0 Å². The molecule has 0 saturated heterocycles. The molecule has 20 heavy (non-hydrogen) atoms. The van der Waals surface area contributed by atoms with Crippen LogP contribution in [0.2, 0.25) is 5.02 Å². The van der Waals surface area contributed by atoms with Crippen LogP contribution in [0.3, 0.4) is 0 Å². The monoisotopic (exact) mass is 299 g/mol. The summed E-state index contributed by atoms with van der Waals surface area (Å²) in [7, 11) is 0. The third-order valence-corrected chi connectivity index (χ3v) is 3.58. The number of anilines is 1. The lowest BCUT2D eigenvalue weighted by Gasteiger charge is -2.14. The minimum absolute atomic E-state index is 0.102. The molecule has 1 nitrogen and oxygen atoms in total. The average Bonchev–Trinajstić information content (AvgIpc) is 2.33. The van der Waals surface area contributed by atoms with Crippen LogP contribution in [0.15, 0.2) is 30.3 Å². The Morgan fingerprint density at radius 2 is 1.60 bits per heavy atom. The first kappa shape index (κ1) is 14.7. The summed E-state index contributed by atoms with van der Waals surface area (Å²) >= 11 is 6.02. The molecule has 0 atom stereocenters. The van der Waals surface area contributed by atoms with Gasteiger partial charge in [0.15, 0.2) is 0 Å². The van der Waals surface area contributed by atoms with Gasteiger partial charge in [-0.15, -0.1) is 0 Å². The highest BCUT2D eigenvalue weighted by Crippen LogP contribution is 2.36. The minimum atomic E-state index is -4.39. The van der Waals surface area contributed by atoms with E-state index in [9.17, 15) is 13.2 Å². The van der Waals surface area contributed by atoms with Crippen molar-refractivity contribution in [3.8, 4) is 11.1 Å². The third-order valence-electron chi connectivity index (χ3n) is 3.17. The number of alkyl halides is 3. The first-order chi connectivity index (χ1) is 9.20. The Morgan fingerprint density at radius 1 is 0.950 bits per heavy atom. The fraction of sp³-hybridized carbons (Fsp3) is 0.200. The number of aryl methyl sites for hydroxylation is 2. The van der Waals surface area contributed by atoms with Gasteiger partial charge < -0.3 is 5.73 Å². The second-order valence-electron chi connectivity index (χ2n) is 4.72. The van der Waals surface area contributed by atoms with Crippen LogP contribution < -0.4 is 5.73 Å². The molecule has 0 radical (unpaired) electrons. The average molecular weight is 300 g/mol. The van der Waals surface area contributed by atoms with E-state index in [2.05, 4.69) is 0 Å². The van der Waals surface area contributed by atoms with Crippen molar-refractivity contribution in [2.45, 2.75) is 20.0 Å². The van der Waals surface area contributed by atoms with E-state index in [4.69, 9.17) is 17.3 Å². The van der Waals surface area contributed by atoms with Gasteiger partial charge in [-0.1, -0.05) is 17.7 Å². The van der Waals surface area contributed by atoms with Crippen LogP contribution >= 0.6 is 11.6 Å². The van der Waals surface area contributed by atoms with Crippen LogP contribution in [-0.4, -0.2) is 0 Å². The van der Waals surface area contributed by atoms with Crippen LogP contribution in [0.5, 0.6) is 0 Å². The van der Waals surface area contributed by atoms with E-state index in [0.717, 1.165) is 28.8 Å². The Labute approximate surface area is 120 Å². The molecule has 0 aliphatic heterocycles. The van der Waals surface area contributed by atoms with E-state index < -0.39 is 11.7 Å². The van der Waals surface area contributed by atoms with Crippen molar-refractivity contribution in [2.75, 3.05) is 5.73 Å². The number of nitrogen functional groups attached to an aromatic ring is 1. The van der Waals surface area contributed by atoms with E-state index in [1.165, 1.54) is 6.07 Å². The number of hydrogen-bond acceptors (Lipinski definition) is 1. The van der Waals surface area contributed by atoms with E-state index in [1.807, 2.05) is 19.9 Å². The molecule has 0 bridgehead atoms. The number of nitrogens with two attached hydrogens (primary N) is 1. The zero-order valence-electron chi connectivity index (χ0n) is 11.0. The minimum Gasteiger partial charge on any atom is -0.398 e. The quantitative estimate of drug-likeness (QED) is 0.717. The largest absolute Gasteiger partial charge is 0.416 e. The SMILES string of the molecule is Cc1cc(-c2ccc(C(F)(F)F)cc2N)c(C)cc1Cl. The summed E-state index contributed by atoms with van der Waals surface area (Å²) in [6, 6.07) is 7.00. The van der Waals surface area contributed by atoms with Crippen LogP contribution in [0.4, 0.5) is 18.9 Å². The Balaban J connectivity index is 2.57. The summed E-state index contributed by atoms with van der Waals surface area (Å²) in [5, 5.41) is 0.622. The highest BCUT2D eigenvalue weighted by atomic mass is 35.5. The van der Waals surface area contributed by atoms with Crippen LogP contribution in [-0.2, 0) is 6.18 Å². The molecule has 5 heteroatoms. The number of rotatable bonds is 1. The Hall–Kier alpha value is -1.68. The van der Waals surface area contributed by atoms with E-state index in [0.29, 0.717) is 10.6 Å². The summed E-state index contributed by atoms with van der Waals surface area (Å²) in [4.78, 5) is 0. The molecule has 2 rings (SSSR count). The highest BCUT2D eigenvalue weighted by molar-refractivity contribution is 6.31. The van der Waals surface area contributed by atoms with Gasteiger partial charge in [-0.05, 0) is 54.8 Å². The van der Waals surface area contributed by atoms with E-state index in [1.54, 1.807) is 6.07 Å². The van der Waals surface area contributed by atoms with E-state index in [-0.39, 0.29) is 5.69 Å². The molecule has 0 heterocycles. The van der Waals surface area contributed by atoms with Gasteiger partial charge in [-0.25, -0.2) is 0 Å². The van der Waals surface area contributed by atoms with Crippen molar-refractivity contribution in [1.82, 2.24) is 0 Å². The molecule has 0 unspecified atom stereocenters. The fourth-order valence-corrected chi connectivity index (χ4v) is 2.27. The van der Waals surface area contributed by atoms with Crippen LogP contribution in [0, 0.1) is 13.8 Å². The van der Waals surface area contributed by atoms with Gasteiger partial charge in [0.1, 0.15) is 0 Å². The summed E-state index contributed by atoms with van der Waals surface area (Å²) in [6.45, 7) is 3.68. The second-order valence-corrected chi connectivity index (χ2v) is 5.12. The maximum atomic E-state index is 12.6. The topological polar surface area (TPSA) is 26.0 Å². The van der Waals surface area contributed by atoms with Crippen molar-refractivity contribution in [1.29, 1.82) is 0 Å². The maximum absolute atomic E-state index is 12.6. The lowest BCUT2D eigenvalue weighted by Crippen LogP contribution is -2.06. The predicted octanol–water partition coefficient (Wildman–Crippen LogP) is 5.22. The maximum Gasteiger partial charge on any atom is 0.416 e. The lowest BCUT2D eigenvalue weighted by molar-refractivity contribution is -0.137. The zero-order valence-corrected chi connectivity index (χ0v) is 11.7. The third kappa shape index (κ3) is 2.75. The van der Waals surface area contributed by atoms with Crippen molar-refractivity contribution >= 4 is 17.3 Å². The van der Waals surface area contributed by atoms with Gasteiger partial charge in [-0.3, -0.25) is 0 Å². The predicted molar refractivity (Wildman–Crippen MR) is 75.8 cm³/mol. The molecule has 2 aromatic carbocycles. The standard InChI is InChI=1S/C15H13ClF3N/c1-8-6-13(16)9(2)5-12(8)11-4-3-10(7-14(11)20)15(17,18)19/h3-7H,20H2,1-2H3. The summed E-state index contributed by atoms with van der Waals surface area (Å²) in [5.74, 6) is 0. The fourth-order valence-electron chi connectivity index (χ4n) is 2.06. The summed E-state index contributed by atoms with van der Waals surface area (Å²) < 4.78 is 37.9. The zero-order chi connectivity index (χ0) is 15.1. The second kappa shape index (κ2) is 5.02. The molecule has 2 N–H and O–H groups in total. The lowest BCUT2D eigenvalue weighted by atomic mass is 9.96. The van der Waals surface area contributed by atoms with Gasteiger partial charge in [0, 0.05) is 16.3 Å². The van der Waals surface area contributed by atoms with Gasteiger partial charge in [0.25, 0.3) is 0 Å². The first-order valence-electron chi connectivity index (χ1n) is 5.94. The smallest absolute Gasteiger partial charge is 0.398 e. The summed E-state index contributed by atoms with van der Waals surface area (Å²) in [5.41, 5.74) is 8.22. The number of benzene rings is 2. The molecule has 0 spiro atoms. The molecule has 106 valence electrons. The van der Waals surface area contributed by atoms with E-state index >= 15 is 0 Å². The highest BCUT2D eigenvalue weighted by Gasteiger charge is 2.30. The number of halogens is 4. The van der Waals surface area contributed by atoms with Crippen molar-refractivity contribution in [2.24, 2.45) is 0 Å². The normalized spacial score (nSPS) is 11.7. The van der Waals surface area contributed by atoms with Crippen LogP contribution in [0.1, 0.15) is 16.7 Å². The molecular formula is C15H13ClF3N. The molecule has 0 aliphatic carbocycles. The Bertz CT molecular complexity index is 663. The molecule has 0 aromatic heterocycles. The molecular weight excluding hydrogens is 287 g/mol. The molecule has 2 aromatic rings. The number of hydrogen-bond donors (Lipinski definition) is 1. The molecule has 0 saturated carbocycles. The molecule has 0 fully saturated rings. The summed E-state index contributed by atoms with van der Waals surface area (Å²) in [6.07, 6.45) is -4.39. The first-order valence-corrected chi connectivity index (χ1v) is 6.32. The van der Waals surface area contributed by atoms with Gasteiger partial charge in [0.05, 0.1) is 5.56 Å². The Kier molecular flexibility index (Phi) is 3.69. The van der Waals surface area contributed by atoms with Gasteiger partial charge in [-0.2, -0.15) is 13.2 Å².